The lowest BCUT2D eigenvalue weighted by atomic mass is 10.0. The van der Waals surface area contributed by atoms with E-state index in [1.807, 2.05) is 0 Å². The normalized spacial score (nSPS) is 30.0. The number of nitro groups is 1. The number of nitro benzene ring substituents is 1. The summed E-state index contributed by atoms with van der Waals surface area (Å²) in [4.78, 5) is 10.1. The highest BCUT2D eigenvalue weighted by Crippen LogP contribution is 2.24. The smallest absolute Gasteiger partial charge is 0.269 e. The Balaban J connectivity index is 2.12. The number of nitrogens with zero attached hydrogens (tertiary/aromatic N) is 1. The lowest BCUT2D eigenvalue weighted by Crippen LogP contribution is -2.55. The summed E-state index contributed by atoms with van der Waals surface area (Å²) in [7, 11) is 0. The minimum Gasteiger partial charge on any atom is -0.388 e. The molecule has 1 aromatic rings. The van der Waals surface area contributed by atoms with E-state index in [0.29, 0.717) is 11.3 Å². The minimum absolute atomic E-state index is 0.0337. The second kappa shape index (κ2) is 5.71. The van der Waals surface area contributed by atoms with Crippen LogP contribution in [0.15, 0.2) is 18.2 Å². The molecule has 1 aliphatic rings. The van der Waals surface area contributed by atoms with Crippen LogP contribution in [0.2, 0.25) is 0 Å². The van der Waals surface area contributed by atoms with Gasteiger partial charge in [-0.2, -0.15) is 0 Å². The summed E-state index contributed by atoms with van der Waals surface area (Å²) in [5.74, 6) is 0. The van der Waals surface area contributed by atoms with Gasteiger partial charge in [0, 0.05) is 17.8 Å². The molecule has 0 radical (unpaired) electrons. The first-order valence-corrected chi connectivity index (χ1v) is 6.07. The lowest BCUT2D eigenvalue weighted by molar-refractivity contribution is -0.384. The van der Waals surface area contributed by atoms with Crippen molar-refractivity contribution in [2.75, 3.05) is 11.9 Å². The molecule has 4 N–H and O–H groups in total. The Kier molecular flexibility index (Phi) is 4.19. The molecule has 1 aromatic carbocycles. The molecular formula is C12H16N2O6. The van der Waals surface area contributed by atoms with Crippen LogP contribution in [0.5, 0.6) is 0 Å². The second-order valence-corrected chi connectivity index (χ2v) is 4.70. The third-order valence-corrected chi connectivity index (χ3v) is 3.22. The number of ether oxygens (including phenoxy) is 1. The Morgan fingerprint density at radius 1 is 1.35 bits per heavy atom. The zero-order valence-electron chi connectivity index (χ0n) is 10.8. The molecule has 0 aliphatic carbocycles. The highest BCUT2D eigenvalue weighted by Gasteiger charge is 2.37. The van der Waals surface area contributed by atoms with E-state index in [1.54, 1.807) is 6.92 Å². The third-order valence-electron chi connectivity index (χ3n) is 3.22. The van der Waals surface area contributed by atoms with Crippen LogP contribution in [0.25, 0.3) is 0 Å². The van der Waals surface area contributed by atoms with Crippen molar-refractivity contribution < 1.29 is 25.0 Å². The predicted molar refractivity (Wildman–Crippen MR) is 69.2 cm³/mol. The Bertz CT molecular complexity index is 509. The first-order valence-electron chi connectivity index (χ1n) is 6.07. The van der Waals surface area contributed by atoms with Crippen molar-refractivity contribution in [3.8, 4) is 0 Å². The maximum absolute atomic E-state index is 10.6. The number of rotatable bonds is 3. The summed E-state index contributed by atoms with van der Waals surface area (Å²) >= 11 is 0. The third kappa shape index (κ3) is 2.88. The molecule has 0 aromatic heterocycles. The maximum Gasteiger partial charge on any atom is 0.269 e. The van der Waals surface area contributed by atoms with Gasteiger partial charge < -0.3 is 25.4 Å². The zero-order chi connectivity index (χ0) is 14.9. The molecule has 8 heteroatoms. The van der Waals surface area contributed by atoms with Gasteiger partial charge in [0.2, 0.25) is 0 Å². The molecule has 2 rings (SSSR count). The monoisotopic (exact) mass is 284 g/mol. The van der Waals surface area contributed by atoms with E-state index in [1.165, 1.54) is 18.2 Å². The molecule has 1 fully saturated rings. The van der Waals surface area contributed by atoms with Gasteiger partial charge in [0.05, 0.1) is 11.5 Å². The number of nitrogens with one attached hydrogen (secondary N) is 1. The van der Waals surface area contributed by atoms with Crippen LogP contribution in [0.1, 0.15) is 5.56 Å². The van der Waals surface area contributed by atoms with Crippen LogP contribution in [-0.2, 0) is 4.74 Å². The van der Waals surface area contributed by atoms with E-state index in [9.17, 15) is 25.4 Å². The quantitative estimate of drug-likeness (QED) is 0.445. The van der Waals surface area contributed by atoms with E-state index >= 15 is 0 Å². The Morgan fingerprint density at radius 2 is 2.05 bits per heavy atom. The van der Waals surface area contributed by atoms with Gasteiger partial charge in [-0.05, 0) is 18.6 Å². The summed E-state index contributed by atoms with van der Waals surface area (Å²) in [5, 5.41) is 42.2. The minimum atomic E-state index is -1.31. The van der Waals surface area contributed by atoms with Gasteiger partial charge in [-0.3, -0.25) is 10.1 Å². The summed E-state index contributed by atoms with van der Waals surface area (Å²) < 4.78 is 5.20. The zero-order valence-corrected chi connectivity index (χ0v) is 10.8. The Morgan fingerprint density at radius 3 is 2.65 bits per heavy atom. The number of aliphatic hydroxyl groups is 3. The molecule has 1 heterocycles. The number of aliphatic hydroxyl groups excluding tert-OH is 3. The molecule has 0 unspecified atom stereocenters. The fourth-order valence-corrected chi connectivity index (χ4v) is 2.01. The van der Waals surface area contributed by atoms with Crippen molar-refractivity contribution >= 4 is 11.4 Å². The van der Waals surface area contributed by atoms with Crippen LogP contribution in [0.3, 0.4) is 0 Å². The summed E-state index contributed by atoms with van der Waals surface area (Å²) in [5.41, 5.74) is 1.12. The molecule has 4 atom stereocenters. The molecule has 1 saturated heterocycles. The van der Waals surface area contributed by atoms with Gasteiger partial charge in [-0.15, -0.1) is 0 Å². The van der Waals surface area contributed by atoms with Gasteiger partial charge in [0.25, 0.3) is 5.69 Å². The van der Waals surface area contributed by atoms with E-state index in [-0.39, 0.29) is 12.3 Å². The van der Waals surface area contributed by atoms with Crippen LogP contribution in [-0.4, -0.2) is 51.4 Å². The molecule has 0 amide bonds. The van der Waals surface area contributed by atoms with Crippen molar-refractivity contribution in [3.63, 3.8) is 0 Å². The molecule has 20 heavy (non-hydrogen) atoms. The van der Waals surface area contributed by atoms with Crippen molar-refractivity contribution in [2.45, 2.75) is 31.5 Å². The van der Waals surface area contributed by atoms with Gasteiger partial charge in [-0.25, -0.2) is 0 Å². The number of anilines is 1. The second-order valence-electron chi connectivity index (χ2n) is 4.70. The number of aryl methyl sites for hydroxylation is 1. The highest BCUT2D eigenvalue weighted by atomic mass is 16.6. The van der Waals surface area contributed by atoms with Gasteiger partial charge in [0.15, 0.2) is 6.23 Å². The molecule has 1 aliphatic heterocycles. The lowest BCUT2D eigenvalue weighted by Gasteiger charge is -2.36. The molecule has 110 valence electrons. The SMILES string of the molecule is Cc1cc([N+](=O)[O-])ccc1N[C@H]1OC[C@@H](O)[C@@H](O)[C@H]1O. The Labute approximate surface area is 114 Å². The molecule has 0 spiro atoms. The number of benzene rings is 1. The summed E-state index contributed by atoms with van der Waals surface area (Å²) in [6.45, 7) is 1.57. The fraction of sp³-hybridized carbons (Fsp3) is 0.500. The standard InChI is InChI=1S/C12H16N2O6/c1-6-4-7(14(18)19)2-3-8(6)13-12-11(17)10(16)9(15)5-20-12/h2-4,9-13,15-17H,5H2,1H3/t9-,10-,11-,12+/m1/s1. The van der Waals surface area contributed by atoms with Crippen molar-refractivity contribution in [1.82, 2.24) is 0 Å². The van der Waals surface area contributed by atoms with Crippen LogP contribution >= 0.6 is 0 Å². The number of hydrogen-bond donors (Lipinski definition) is 4. The molecule has 0 saturated carbocycles. The van der Waals surface area contributed by atoms with Crippen molar-refractivity contribution in [2.24, 2.45) is 0 Å². The van der Waals surface area contributed by atoms with Crippen molar-refractivity contribution in [3.05, 3.63) is 33.9 Å². The van der Waals surface area contributed by atoms with Crippen LogP contribution in [0.4, 0.5) is 11.4 Å². The molecular weight excluding hydrogens is 268 g/mol. The first-order chi connectivity index (χ1) is 9.40. The fourth-order valence-electron chi connectivity index (χ4n) is 2.01. The van der Waals surface area contributed by atoms with Crippen LogP contribution in [0, 0.1) is 17.0 Å². The predicted octanol–water partition coefficient (Wildman–Crippen LogP) is -0.246. The first kappa shape index (κ1) is 14.7. The van der Waals surface area contributed by atoms with Gasteiger partial charge >= 0.3 is 0 Å². The average molecular weight is 284 g/mol. The Hall–Kier alpha value is -1.74. The van der Waals surface area contributed by atoms with E-state index < -0.39 is 29.5 Å². The summed E-state index contributed by atoms with van der Waals surface area (Å²) in [6.07, 6.45) is -4.64. The number of hydrogen-bond acceptors (Lipinski definition) is 7. The van der Waals surface area contributed by atoms with Crippen molar-refractivity contribution in [1.29, 1.82) is 0 Å². The molecule has 0 bridgehead atoms. The average Bonchev–Trinajstić information content (AvgIpc) is 2.41. The highest BCUT2D eigenvalue weighted by molar-refractivity contribution is 5.55. The van der Waals surface area contributed by atoms with E-state index in [4.69, 9.17) is 4.74 Å². The van der Waals surface area contributed by atoms with Gasteiger partial charge in [-0.1, -0.05) is 0 Å². The van der Waals surface area contributed by atoms with E-state index in [0.717, 1.165) is 0 Å². The largest absolute Gasteiger partial charge is 0.388 e. The van der Waals surface area contributed by atoms with Gasteiger partial charge in [0.1, 0.15) is 18.3 Å². The van der Waals surface area contributed by atoms with Crippen LogP contribution < -0.4 is 5.32 Å². The topological polar surface area (TPSA) is 125 Å². The number of non-ortho nitro benzene ring substituents is 1. The summed E-state index contributed by atoms with van der Waals surface area (Å²) in [6, 6.07) is 4.22. The maximum atomic E-state index is 10.6. The van der Waals surface area contributed by atoms with E-state index in [2.05, 4.69) is 5.32 Å². The molecule has 8 nitrogen and oxygen atoms in total.